The standard InChI is InChI=1S/C11H20N4O2S/c1-9(2)6-15-8-13-14-11(15)5-10-7-18(16,17)4-3-12-10/h8-10,12H,3-7H2,1-2H3. The Morgan fingerprint density at radius 2 is 2.33 bits per heavy atom. The van der Waals surface area contributed by atoms with Crippen LogP contribution in [0.1, 0.15) is 19.7 Å². The second kappa shape index (κ2) is 5.36. The summed E-state index contributed by atoms with van der Waals surface area (Å²) in [4.78, 5) is 0. The third kappa shape index (κ3) is 3.52. The van der Waals surface area contributed by atoms with E-state index in [4.69, 9.17) is 0 Å². The molecule has 1 aliphatic rings. The van der Waals surface area contributed by atoms with Gasteiger partial charge in [0, 0.05) is 25.6 Å². The molecule has 1 aromatic rings. The smallest absolute Gasteiger partial charge is 0.153 e. The van der Waals surface area contributed by atoms with Crippen LogP contribution in [-0.4, -0.2) is 47.3 Å². The van der Waals surface area contributed by atoms with Crippen molar-refractivity contribution in [3.05, 3.63) is 12.2 Å². The van der Waals surface area contributed by atoms with Crippen molar-refractivity contribution in [2.75, 3.05) is 18.1 Å². The summed E-state index contributed by atoms with van der Waals surface area (Å²) < 4.78 is 25.1. The van der Waals surface area contributed by atoms with Crippen LogP contribution in [0, 0.1) is 5.92 Å². The summed E-state index contributed by atoms with van der Waals surface area (Å²) >= 11 is 0. The first-order valence-electron chi connectivity index (χ1n) is 6.27. The van der Waals surface area contributed by atoms with Gasteiger partial charge in [-0.15, -0.1) is 10.2 Å². The van der Waals surface area contributed by atoms with Gasteiger partial charge in [0.25, 0.3) is 0 Å². The van der Waals surface area contributed by atoms with Gasteiger partial charge in [-0.1, -0.05) is 13.8 Å². The van der Waals surface area contributed by atoms with E-state index in [0.29, 0.717) is 18.9 Å². The average Bonchev–Trinajstić information content (AvgIpc) is 2.63. The summed E-state index contributed by atoms with van der Waals surface area (Å²) in [7, 11) is -2.89. The molecule has 1 aromatic heterocycles. The van der Waals surface area contributed by atoms with Crippen molar-refractivity contribution < 1.29 is 8.42 Å². The molecule has 0 aliphatic carbocycles. The number of hydrogen-bond donors (Lipinski definition) is 1. The fraction of sp³-hybridized carbons (Fsp3) is 0.818. The maximum atomic E-state index is 11.6. The zero-order chi connectivity index (χ0) is 13.2. The Hall–Kier alpha value is -0.950. The predicted molar refractivity (Wildman–Crippen MR) is 69.0 cm³/mol. The molecule has 1 aliphatic heterocycles. The minimum atomic E-state index is -2.89. The van der Waals surface area contributed by atoms with Crippen LogP contribution in [0.4, 0.5) is 0 Å². The van der Waals surface area contributed by atoms with Crippen LogP contribution < -0.4 is 5.32 Å². The second-order valence-electron chi connectivity index (χ2n) is 5.26. The van der Waals surface area contributed by atoms with E-state index in [1.54, 1.807) is 6.33 Å². The van der Waals surface area contributed by atoms with Gasteiger partial charge in [-0.2, -0.15) is 0 Å². The van der Waals surface area contributed by atoms with Gasteiger partial charge in [0.2, 0.25) is 0 Å². The summed E-state index contributed by atoms with van der Waals surface area (Å²) in [6, 6.07) is -0.0427. The van der Waals surface area contributed by atoms with Gasteiger partial charge in [0.15, 0.2) is 9.84 Å². The lowest BCUT2D eigenvalue weighted by Gasteiger charge is -2.23. The highest BCUT2D eigenvalue weighted by molar-refractivity contribution is 7.91. The highest BCUT2D eigenvalue weighted by Crippen LogP contribution is 2.09. The van der Waals surface area contributed by atoms with Crippen molar-refractivity contribution in [1.29, 1.82) is 0 Å². The molecular formula is C11H20N4O2S. The maximum absolute atomic E-state index is 11.6. The Bertz CT molecular complexity index is 495. The van der Waals surface area contributed by atoms with Crippen molar-refractivity contribution >= 4 is 9.84 Å². The Kier molecular flexibility index (Phi) is 4.01. The molecule has 1 saturated heterocycles. The lowest BCUT2D eigenvalue weighted by atomic mass is 10.2. The lowest BCUT2D eigenvalue weighted by Crippen LogP contribution is -2.46. The fourth-order valence-corrected chi connectivity index (χ4v) is 3.65. The van der Waals surface area contributed by atoms with E-state index in [0.717, 1.165) is 12.4 Å². The molecule has 1 unspecified atom stereocenters. The molecule has 0 amide bonds. The summed E-state index contributed by atoms with van der Waals surface area (Å²) in [5.41, 5.74) is 0. The van der Waals surface area contributed by atoms with Crippen molar-refractivity contribution in [2.24, 2.45) is 5.92 Å². The van der Waals surface area contributed by atoms with Crippen LogP contribution in [0.25, 0.3) is 0 Å². The number of aromatic nitrogens is 3. The zero-order valence-corrected chi connectivity index (χ0v) is 11.7. The minimum Gasteiger partial charge on any atom is -0.317 e. The molecule has 1 atom stereocenters. The van der Waals surface area contributed by atoms with E-state index in [2.05, 4.69) is 29.4 Å². The first kappa shape index (κ1) is 13.5. The second-order valence-corrected chi connectivity index (χ2v) is 7.49. The first-order chi connectivity index (χ1) is 8.46. The van der Waals surface area contributed by atoms with Crippen molar-refractivity contribution in [3.63, 3.8) is 0 Å². The molecule has 1 fully saturated rings. The van der Waals surface area contributed by atoms with E-state index in [-0.39, 0.29) is 17.5 Å². The monoisotopic (exact) mass is 272 g/mol. The summed E-state index contributed by atoms with van der Waals surface area (Å²) in [5.74, 6) is 1.81. The van der Waals surface area contributed by atoms with Crippen LogP contribution in [0.2, 0.25) is 0 Å². The van der Waals surface area contributed by atoms with Gasteiger partial charge in [0.1, 0.15) is 12.2 Å². The number of hydrogen-bond acceptors (Lipinski definition) is 5. The highest BCUT2D eigenvalue weighted by Gasteiger charge is 2.25. The minimum absolute atomic E-state index is 0.0427. The van der Waals surface area contributed by atoms with E-state index in [1.807, 2.05) is 4.57 Å². The SMILES string of the molecule is CC(C)Cn1cnnc1CC1CS(=O)(=O)CCN1. The molecule has 0 spiro atoms. The average molecular weight is 272 g/mol. The molecule has 1 N–H and O–H groups in total. The van der Waals surface area contributed by atoms with Crippen molar-refractivity contribution in [1.82, 2.24) is 20.1 Å². The molecule has 6 nitrogen and oxygen atoms in total. The fourth-order valence-electron chi connectivity index (χ4n) is 2.20. The van der Waals surface area contributed by atoms with Crippen LogP contribution in [0.15, 0.2) is 6.33 Å². The summed E-state index contributed by atoms with van der Waals surface area (Å²) in [5, 5.41) is 11.2. The molecule has 2 rings (SSSR count). The van der Waals surface area contributed by atoms with Gasteiger partial charge >= 0.3 is 0 Å². The van der Waals surface area contributed by atoms with Crippen LogP contribution >= 0.6 is 0 Å². The quantitative estimate of drug-likeness (QED) is 0.826. The lowest BCUT2D eigenvalue weighted by molar-refractivity contribution is 0.472. The molecule has 0 saturated carbocycles. The van der Waals surface area contributed by atoms with Gasteiger partial charge < -0.3 is 9.88 Å². The van der Waals surface area contributed by atoms with Crippen LogP contribution in [-0.2, 0) is 22.8 Å². The predicted octanol–water partition coefficient (Wildman–Crippen LogP) is -0.137. The summed E-state index contributed by atoms with van der Waals surface area (Å²) in [6.07, 6.45) is 2.33. The maximum Gasteiger partial charge on any atom is 0.153 e. The molecule has 102 valence electrons. The van der Waals surface area contributed by atoms with E-state index >= 15 is 0 Å². The van der Waals surface area contributed by atoms with Gasteiger partial charge in [-0.3, -0.25) is 0 Å². The van der Waals surface area contributed by atoms with Crippen molar-refractivity contribution in [2.45, 2.75) is 32.9 Å². The summed E-state index contributed by atoms with van der Waals surface area (Å²) in [6.45, 7) is 5.66. The van der Waals surface area contributed by atoms with Crippen LogP contribution in [0.3, 0.4) is 0 Å². The van der Waals surface area contributed by atoms with E-state index in [1.165, 1.54) is 0 Å². The van der Waals surface area contributed by atoms with Gasteiger partial charge in [0.05, 0.1) is 11.5 Å². The third-order valence-electron chi connectivity index (χ3n) is 2.99. The van der Waals surface area contributed by atoms with Crippen molar-refractivity contribution in [3.8, 4) is 0 Å². The molecule has 2 heterocycles. The number of sulfone groups is 1. The molecule has 7 heteroatoms. The van der Waals surface area contributed by atoms with E-state index < -0.39 is 9.84 Å². The Balaban J connectivity index is 2.03. The Morgan fingerprint density at radius 1 is 1.56 bits per heavy atom. The Labute approximate surface area is 108 Å². The normalized spacial score (nSPS) is 23.4. The Morgan fingerprint density at radius 3 is 3.00 bits per heavy atom. The first-order valence-corrected chi connectivity index (χ1v) is 8.09. The third-order valence-corrected chi connectivity index (χ3v) is 4.72. The highest BCUT2D eigenvalue weighted by atomic mass is 32.2. The molecule has 0 aromatic carbocycles. The molecular weight excluding hydrogens is 252 g/mol. The van der Waals surface area contributed by atoms with Gasteiger partial charge in [-0.05, 0) is 5.92 Å². The largest absolute Gasteiger partial charge is 0.317 e. The van der Waals surface area contributed by atoms with E-state index in [9.17, 15) is 8.42 Å². The molecule has 0 radical (unpaired) electrons. The number of nitrogens with one attached hydrogen (secondary N) is 1. The zero-order valence-electron chi connectivity index (χ0n) is 10.8. The number of nitrogens with zero attached hydrogens (tertiary/aromatic N) is 3. The van der Waals surface area contributed by atoms with Crippen LogP contribution in [0.5, 0.6) is 0 Å². The van der Waals surface area contributed by atoms with Gasteiger partial charge in [-0.25, -0.2) is 8.42 Å². The topological polar surface area (TPSA) is 76.9 Å². The number of rotatable bonds is 4. The molecule has 0 bridgehead atoms. The molecule has 18 heavy (non-hydrogen) atoms.